The van der Waals surface area contributed by atoms with Crippen molar-refractivity contribution in [1.82, 2.24) is 9.55 Å². The largest absolute Gasteiger partial charge is 0.382 e. The maximum atomic E-state index is 8.78. The van der Waals surface area contributed by atoms with Gasteiger partial charge in [0.1, 0.15) is 5.82 Å². The van der Waals surface area contributed by atoms with Crippen LogP contribution in [-0.4, -0.2) is 9.55 Å². The number of nitrogen functional groups attached to an aromatic ring is 1. The molecule has 0 aliphatic heterocycles. The van der Waals surface area contributed by atoms with Crippen molar-refractivity contribution >= 4 is 5.82 Å². The molecule has 0 bridgehead atoms. The third-order valence-corrected chi connectivity index (χ3v) is 1.95. The average molecular weight is 178 g/mol. The van der Waals surface area contributed by atoms with Gasteiger partial charge in [-0.25, -0.2) is 4.98 Å². The van der Waals surface area contributed by atoms with Crippen LogP contribution in [0.25, 0.3) is 0 Å². The Kier molecular flexibility index (Phi) is 2.57. The van der Waals surface area contributed by atoms with Gasteiger partial charge in [0, 0.05) is 12.7 Å². The maximum absolute atomic E-state index is 8.78. The molecule has 13 heavy (non-hydrogen) atoms. The molecule has 1 aromatic rings. The van der Waals surface area contributed by atoms with Crippen LogP contribution < -0.4 is 5.73 Å². The van der Waals surface area contributed by atoms with Gasteiger partial charge in [-0.05, 0) is 20.3 Å². The number of aromatic nitrogens is 2. The molecular weight excluding hydrogens is 164 g/mol. The van der Waals surface area contributed by atoms with Crippen LogP contribution >= 0.6 is 0 Å². The number of hydrogen-bond donors (Lipinski definition) is 1. The maximum Gasteiger partial charge on any atom is 0.141 e. The third-order valence-electron chi connectivity index (χ3n) is 1.95. The lowest BCUT2D eigenvalue weighted by atomic mass is 9.91. The topological polar surface area (TPSA) is 67.6 Å². The zero-order valence-electron chi connectivity index (χ0n) is 7.99. The van der Waals surface area contributed by atoms with Crippen LogP contribution in [0, 0.1) is 16.7 Å². The highest BCUT2D eigenvalue weighted by Crippen LogP contribution is 2.19. The highest BCUT2D eigenvalue weighted by Gasteiger charge is 2.15. The van der Waals surface area contributed by atoms with Crippen LogP contribution in [-0.2, 0) is 6.54 Å². The van der Waals surface area contributed by atoms with Gasteiger partial charge in [-0.1, -0.05) is 0 Å². The average Bonchev–Trinajstić information content (AvgIpc) is 2.48. The van der Waals surface area contributed by atoms with Gasteiger partial charge < -0.3 is 10.3 Å². The van der Waals surface area contributed by atoms with Gasteiger partial charge >= 0.3 is 0 Å². The van der Waals surface area contributed by atoms with Crippen molar-refractivity contribution < 1.29 is 0 Å². The molecule has 0 saturated heterocycles. The van der Waals surface area contributed by atoms with E-state index in [1.165, 1.54) is 0 Å². The zero-order chi connectivity index (χ0) is 9.90. The quantitative estimate of drug-likeness (QED) is 0.760. The van der Waals surface area contributed by atoms with Crippen molar-refractivity contribution in [2.75, 3.05) is 5.73 Å². The second-order valence-electron chi connectivity index (χ2n) is 3.78. The Morgan fingerprint density at radius 3 is 2.85 bits per heavy atom. The second-order valence-corrected chi connectivity index (χ2v) is 3.78. The summed E-state index contributed by atoms with van der Waals surface area (Å²) in [7, 11) is 0. The molecular formula is C9H14N4. The van der Waals surface area contributed by atoms with Crippen molar-refractivity contribution in [3.8, 4) is 6.07 Å². The molecule has 70 valence electrons. The van der Waals surface area contributed by atoms with E-state index < -0.39 is 0 Å². The fraction of sp³-hybridized carbons (Fsp3) is 0.556. The zero-order valence-corrected chi connectivity index (χ0v) is 7.99. The molecule has 4 heteroatoms. The molecule has 0 amide bonds. The Hall–Kier alpha value is -1.50. The van der Waals surface area contributed by atoms with Crippen LogP contribution in [0.15, 0.2) is 12.5 Å². The molecule has 0 spiro atoms. The van der Waals surface area contributed by atoms with E-state index in [9.17, 15) is 0 Å². The number of aryl methyl sites for hydroxylation is 1. The Morgan fingerprint density at radius 1 is 1.69 bits per heavy atom. The standard InChI is InChI=1S/C9H14N4/c1-9(2,6-10)3-4-13-5-8(11)12-7-13/h5,7H,3-4,11H2,1-2H3. The summed E-state index contributed by atoms with van der Waals surface area (Å²) >= 11 is 0. The summed E-state index contributed by atoms with van der Waals surface area (Å²) in [5, 5.41) is 8.78. The molecule has 0 fully saturated rings. The Labute approximate surface area is 78.0 Å². The fourth-order valence-electron chi connectivity index (χ4n) is 0.964. The first-order valence-electron chi connectivity index (χ1n) is 4.22. The second kappa shape index (κ2) is 3.48. The minimum atomic E-state index is -0.279. The molecule has 0 saturated carbocycles. The number of nitrogens with zero attached hydrogens (tertiary/aromatic N) is 3. The summed E-state index contributed by atoms with van der Waals surface area (Å²) in [4.78, 5) is 3.90. The van der Waals surface area contributed by atoms with E-state index in [1.807, 2.05) is 18.4 Å². The van der Waals surface area contributed by atoms with Crippen molar-refractivity contribution in [2.45, 2.75) is 26.8 Å². The Morgan fingerprint density at radius 2 is 2.38 bits per heavy atom. The van der Waals surface area contributed by atoms with Gasteiger partial charge in [0.25, 0.3) is 0 Å². The summed E-state index contributed by atoms with van der Waals surface area (Å²) in [6.07, 6.45) is 4.26. The van der Waals surface area contributed by atoms with E-state index in [2.05, 4.69) is 11.1 Å². The number of imidazole rings is 1. The minimum Gasteiger partial charge on any atom is -0.382 e. The number of rotatable bonds is 3. The molecule has 1 rings (SSSR count). The number of nitriles is 1. The summed E-state index contributed by atoms with van der Waals surface area (Å²) in [6, 6.07) is 2.25. The molecule has 2 N–H and O–H groups in total. The van der Waals surface area contributed by atoms with Crippen LogP contribution in [0.1, 0.15) is 20.3 Å². The Balaban J connectivity index is 2.49. The molecule has 0 aromatic carbocycles. The lowest BCUT2D eigenvalue weighted by molar-refractivity contribution is 0.413. The molecule has 0 radical (unpaired) electrons. The predicted octanol–water partition coefficient (Wildman–Crippen LogP) is 1.41. The SMILES string of the molecule is CC(C)(C#N)CCn1cnc(N)c1. The summed E-state index contributed by atoms with van der Waals surface area (Å²) in [5.41, 5.74) is 5.17. The van der Waals surface area contributed by atoms with E-state index in [-0.39, 0.29) is 5.41 Å². The molecule has 1 aromatic heterocycles. The molecule has 1 heterocycles. The van der Waals surface area contributed by atoms with Gasteiger partial charge in [0.05, 0.1) is 17.8 Å². The van der Waals surface area contributed by atoms with Crippen molar-refractivity contribution in [3.05, 3.63) is 12.5 Å². The minimum absolute atomic E-state index is 0.279. The van der Waals surface area contributed by atoms with Crippen molar-refractivity contribution in [2.24, 2.45) is 5.41 Å². The van der Waals surface area contributed by atoms with E-state index in [4.69, 9.17) is 11.0 Å². The summed E-state index contributed by atoms with van der Waals surface area (Å²) in [5.74, 6) is 0.523. The third kappa shape index (κ3) is 2.79. The Bertz CT molecular complexity index is 319. The molecule has 4 nitrogen and oxygen atoms in total. The molecule has 0 aliphatic rings. The van der Waals surface area contributed by atoms with Gasteiger partial charge in [0.15, 0.2) is 0 Å². The van der Waals surface area contributed by atoms with Crippen LogP contribution in [0.5, 0.6) is 0 Å². The van der Waals surface area contributed by atoms with Gasteiger partial charge in [-0.3, -0.25) is 0 Å². The first kappa shape index (κ1) is 9.59. The first-order valence-corrected chi connectivity index (χ1v) is 4.22. The van der Waals surface area contributed by atoms with E-state index >= 15 is 0 Å². The first-order chi connectivity index (χ1) is 6.03. The van der Waals surface area contributed by atoms with Crippen molar-refractivity contribution in [3.63, 3.8) is 0 Å². The smallest absolute Gasteiger partial charge is 0.141 e. The van der Waals surface area contributed by atoms with E-state index in [0.29, 0.717) is 5.82 Å². The highest BCUT2D eigenvalue weighted by atomic mass is 15.1. The fourth-order valence-corrected chi connectivity index (χ4v) is 0.964. The van der Waals surface area contributed by atoms with Gasteiger partial charge in [-0.2, -0.15) is 5.26 Å². The normalized spacial score (nSPS) is 11.2. The van der Waals surface area contributed by atoms with Gasteiger partial charge in [0.2, 0.25) is 0 Å². The van der Waals surface area contributed by atoms with Crippen molar-refractivity contribution in [1.29, 1.82) is 5.26 Å². The molecule has 0 atom stereocenters. The highest BCUT2D eigenvalue weighted by molar-refractivity contribution is 5.22. The number of anilines is 1. The van der Waals surface area contributed by atoms with E-state index in [1.54, 1.807) is 12.5 Å². The lowest BCUT2D eigenvalue weighted by Crippen LogP contribution is -2.11. The number of hydrogen-bond acceptors (Lipinski definition) is 3. The van der Waals surface area contributed by atoms with Crippen LogP contribution in [0.4, 0.5) is 5.82 Å². The molecule has 0 unspecified atom stereocenters. The van der Waals surface area contributed by atoms with Crippen LogP contribution in [0.3, 0.4) is 0 Å². The lowest BCUT2D eigenvalue weighted by Gasteiger charge is -2.14. The van der Waals surface area contributed by atoms with Crippen LogP contribution in [0.2, 0.25) is 0 Å². The summed E-state index contributed by atoms with van der Waals surface area (Å²) < 4.78 is 1.90. The number of nitrogens with two attached hydrogens (primary N) is 1. The molecule has 0 aliphatic carbocycles. The van der Waals surface area contributed by atoms with E-state index in [0.717, 1.165) is 13.0 Å². The predicted molar refractivity (Wildman–Crippen MR) is 50.7 cm³/mol. The summed E-state index contributed by atoms with van der Waals surface area (Å²) in [6.45, 7) is 4.63. The van der Waals surface area contributed by atoms with Gasteiger partial charge in [-0.15, -0.1) is 0 Å². The monoisotopic (exact) mass is 178 g/mol.